The Morgan fingerprint density at radius 2 is 1.91 bits per heavy atom. The SMILES string of the molecule is Cc1ccccc1-n1c(=O)n(CC2CCCO2)c(=O)c2c1ncn2Cc1ccc(F)cc1. The summed E-state index contributed by atoms with van der Waals surface area (Å²) < 4.78 is 23.5. The molecule has 32 heavy (non-hydrogen) atoms. The maximum atomic E-state index is 13.5. The molecular formula is C24H23FN4O3. The van der Waals surface area contributed by atoms with Crippen LogP contribution in [0.15, 0.2) is 64.4 Å². The van der Waals surface area contributed by atoms with Crippen LogP contribution in [0.3, 0.4) is 0 Å². The first kappa shape index (κ1) is 20.4. The number of aromatic nitrogens is 4. The van der Waals surface area contributed by atoms with E-state index < -0.39 is 11.2 Å². The van der Waals surface area contributed by atoms with Crippen molar-refractivity contribution in [3.8, 4) is 5.69 Å². The van der Waals surface area contributed by atoms with Crippen molar-refractivity contribution in [2.45, 2.75) is 39.0 Å². The average molecular weight is 434 g/mol. The lowest BCUT2D eigenvalue weighted by Crippen LogP contribution is -2.42. The molecule has 2 aromatic heterocycles. The predicted molar refractivity (Wildman–Crippen MR) is 119 cm³/mol. The number of ether oxygens (including phenoxy) is 1. The fraction of sp³-hybridized carbons (Fsp3) is 0.292. The van der Waals surface area contributed by atoms with E-state index in [1.165, 1.54) is 21.3 Å². The number of fused-ring (bicyclic) bond motifs is 1. The van der Waals surface area contributed by atoms with E-state index in [1.54, 1.807) is 23.0 Å². The van der Waals surface area contributed by atoms with Crippen LogP contribution in [0.5, 0.6) is 0 Å². The molecule has 0 spiro atoms. The van der Waals surface area contributed by atoms with Crippen LogP contribution in [-0.4, -0.2) is 31.4 Å². The van der Waals surface area contributed by atoms with Gasteiger partial charge in [-0.05, 0) is 49.1 Å². The van der Waals surface area contributed by atoms with Crippen molar-refractivity contribution in [2.75, 3.05) is 6.61 Å². The third-order valence-electron chi connectivity index (χ3n) is 5.93. The number of nitrogens with zero attached hydrogens (tertiary/aromatic N) is 4. The lowest BCUT2D eigenvalue weighted by molar-refractivity contribution is 0.0950. The summed E-state index contributed by atoms with van der Waals surface area (Å²) in [6, 6.07) is 13.6. The number of benzene rings is 2. The normalized spacial score (nSPS) is 16.1. The van der Waals surface area contributed by atoms with Gasteiger partial charge in [0.05, 0.1) is 24.7 Å². The van der Waals surface area contributed by atoms with Crippen LogP contribution in [-0.2, 0) is 17.8 Å². The van der Waals surface area contributed by atoms with Gasteiger partial charge >= 0.3 is 5.69 Å². The number of hydrogen-bond donors (Lipinski definition) is 0. The molecule has 3 heterocycles. The van der Waals surface area contributed by atoms with Crippen LogP contribution < -0.4 is 11.2 Å². The maximum absolute atomic E-state index is 13.5. The monoisotopic (exact) mass is 434 g/mol. The third kappa shape index (κ3) is 3.56. The van der Waals surface area contributed by atoms with E-state index in [1.807, 2.05) is 31.2 Å². The van der Waals surface area contributed by atoms with Crippen LogP contribution in [0.25, 0.3) is 16.9 Å². The molecule has 1 aliphatic rings. The molecule has 7 nitrogen and oxygen atoms in total. The Bertz CT molecular complexity index is 1400. The molecule has 4 aromatic rings. The summed E-state index contributed by atoms with van der Waals surface area (Å²) in [4.78, 5) is 31.5. The van der Waals surface area contributed by atoms with Gasteiger partial charge in [-0.25, -0.2) is 18.7 Å². The van der Waals surface area contributed by atoms with Gasteiger partial charge in [0.15, 0.2) is 11.2 Å². The van der Waals surface area contributed by atoms with E-state index >= 15 is 0 Å². The predicted octanol–water partition coefficient (Wildman–Crippen LogP) is 3.02. The van der Waals surface area contributed by atoms with Crippen LogP contribution in [0.2, 0.25) is 0 Å². The molecular weight excluding hydrogens is 411 g/mol. The van der Waals surface area contributed by atoms with Crippen molar-refractivity contribution in [3.63, 3.8) is 0 Å². The van der Waals surface area contributed by atoms with E-state index in [-0.39, 0.29) is 18.5 Å². The Labute approximate surface area is 183 Å². The zero-order valence-corrected chi connectivity index (χ0v) is 17.7. The second-order valence-electron chi connectivity index (χ2n) is 8.13. The summed E-state index contributed by atoms with van der Waals surface area (Å²) in [6.07, 6.45) is 3.11. The highest BCUT2D eigenvalue weighted by Crippen LogP contribution is 2.19. The second-order valence-corrected chi connectivity index (χ2v) is 8.13. The number of para-hydroxylation sites is 1. The van der Waals surface area contributed by atoms with Gasteiger partial charge in [-0.2, -0.15) is 0 Å². The van der Waals surface area contributed by atoms with E-state index in [2.05, 4.69) is 4.98 Å². The van der Waals surface area contributed by atoms with Gasteiger partial charge in [0, 0.05) is 13.2 Å². The minimum Gasteiger partial charge on any atom is -0.376 e. The first-order valence-electron chi connectivity index (χ1n) is 10.7. The van der Waals surface area contributed by atoms with Crippen LogP contribution in [0.4, 0.5) is 4.39 Å². The Morgan fingerprint density at radius 1 is 1.12 bits per heavy atom. The van der Waals surface area contributed by atoms with E-state index in [0.717, 1.165) is 24.0 Å². The molecule has 1 fully saturated rings. The zero-order valence-electron chi connectivity index (χ0n) is 17.7. The summed E-state index contributed by atoms with van der Waals surface area (Å²) in [7, 11) is 0. The number of rotatable bonds is 5. The molecule has 0 N–H and O–H groups in total. The standard InChI is InChI=1S/C24H23FN4O3/c1-16-5-2-3-7-20(16)29-22-21(23(30)28(24(29)31)14-19-6-4-12-32-19)27(15-26-22)13-17-8-10-18(25)11-9-17/h2-3,5,7-11,15,19H,4,6,12-14H2,1H3. The van der Waals surface area contributed by atoms with Crippen molar-refractivity contribution >= 4 is 11.2 Å². The second kappa shape index (κ2) is 8.20. The van der Waals surface area contributed by atoms with Crippen LogP contribution in [0, 0.1) is 12.7 Å². The quantitative estimate of drug-likeness (QED) is 0.484. The summed E-state index contributed by atoms with van der Waals surface area (Å²) >= 11 is 0. The molecule has 1 unspecified atom stereocenters. The van der Waals surface area contributed by atoms with Crippen molar-refractivity contribution in [1.29, 1.82) is 0 Å². The molecule has 0 aliphatic carbocycles. The Balaban J connectivity index is 1.73. The topological polar surface area (TPSA) is 71.1 Å². The van der Waals surface area contributed by atoms with Gasteiger partial charge in [0.1, 0.15) is 5.82 Å². The molecule has 0 radical (unpaired) electrons. The van der Waals surface area contributed by atoms with E-state index in [9.17, 15) is 14.0 Å². The number of hydrogen-bond acceptors (Lipinski definition) is 4. The molecule has 1 aliphatic heterocycles. The van der Waals surface area contributed by atoms with Gasteiger partial charge in [-0.3, -0.25) is 9.36 Å². The van der Waals surface area contributed by atoms with Gasteiger partial charge in [0.25, 0.3) is 5.56 Å². The molecule has 8 heteroatoms. The molecule has 0 bridgehead atoms. The van der Waals surface area contributed by atoms with Crippen molar-refractivity contribution in [3.05, 3.63) is 92.6 Å². The van der Waals surface area contributed by atoms with Crippen molar-refractivity contribution < 1.29 is 9.13 Å². The van der Waals surface area contributed by atoms with E-state index in [0.29, 0.717) is 30.0 Å². The Morgan fingerprint density at radius 3 is 2.62 bits per heavy atom. The fourth-order valence-electron chi connectivity index (χ4n) is 4.27. The molecule has 0 amide bonds. The fourth-order valence-corrected chi connectivity index (χ4v) is 4.27. The summed E-state index contributed by atoms with van der Waals surface area (Å²) in [5.41, 5.74) is 2.20. The molecule has 1 saturated heterocycles. The molecule has 0 saturated carbocycles. The maximum Gasteiger partial charge on any atom is 0.337 e. The highest BCUT2D eigenvalue weighted by Gasteiger charge is 2.24. The van der Waals surface area contributed by atoms with E-state index in [4.69, 9.17) is 4.74 Å². The first-order valence-corrected chi connectivity index (χ1v) is 10.7. The zero-order chi connectivity index (χ0) is 22.2. The number of imidazole rings is 1. The third-order valence-corrected chi connectivity index (χ3v) is 5.93. The van der Waals surface area contributed by atoms with Crippen LogP contribution >= 0.6 is 0 Å². The number of halogens is 1. The minimum absolute atomic E-state index is 0.170. The molecule has 1 atom stereocenters. The highest BCUT2D eigenvalue weighted by atomic mass is 19.1. The van der Waals surface area contributed by atoms with Crippen LogP contribution in [0.1, 0.15) is 24.0 Å². The molecule has 164 valence electrons. The smallest absolute Gasteiger partial charge is 0.337 e. The lowest BCUT2D eigenvalue weighted by atomic mass is 10.2. The van der Waals surface area contributed by atoms with Gasteiger partial charge < -0.3 is 9.30 Å². The largest absolute Gasteiger partial charge is 0.376 e. The van der Waals surface area contributed by atoms with Crippen molar-refractivity contribution in [2.24, 2.45) is 0 Å². The highest BCUT2D eigenvalue weighted by molar-refractivity contribution is 5.73. The minimum atomic E-state index is -0.431. The first-order chi connectivity index (χ1) is 15.5. The van der Waals surface area contributed by atoms with Gasteiger partial charge in [-0.1, -0.05) is 30.3 Å². The number of aryl methyl sites for hydroxylation is 1. The van der Waals surface area contributed by atoms with Crippen molar-refractivity contribution in [1.82, 2.24) is 18.7 Å². The summed E-state index contributed by atoms with van der Waals surface area (Å²) in [6.45, 7) is 3.08. The average Bonchev–Trinajstić information content (AvgIpc) is 3.44. The Kier molecular flexibility index (Phi) is 5.22. The van der Waals surface area contributed by atoms with Gasteiger partial charge in [-0.15, -0.1) is 0 Å². The molecule has 5 rings (SSSR count). The lowest BCUT2D eigenvalue weighted by Gasteiger charge is -2.16. The Hall–Kier alpha value is -3.52. The van der Waals surface area contributed by atoms with Gasteiger partial charge in [0.2, 0.25) is 0 Å². The summed E-state index contributed by atoms with van der Waals surface area (Å²) in [5, 5.41) is 0. The summed E-state index contributed by atoms with van der Waals surface area (Å²) in [5.74, 6) is -0.323. The molecule has 2 aromatic carbocycles.